The highest BCUT2D eigenvalue weighted by Gasteiger charge is 2.17. The second kappa shape index (κ2) is 9.20. The van der Waals surface area contributed by atoms with Crippen LogP contribution in [-0.2, 0) is 16.1 Å². The van der Waals surface area contributed by atoms with Crippen LogP contribution in [0.25, 0.3) is 0 Å². The topological polar surface area (TPSA) is 97.6 Å². The Labute approximate surface area is 171 Å². The maximum atomic E-state index is 12.4. The van der Waals surface area contributed by atoms with E-state index in [1.807, 2.05) is 13.8 Å². The van der Waals surface area contributed by atoms with E-state index in [9.17, 15) is 14.4 Å². The Kier molecular flexibility index (Phi) is 6.46. The molecule has 0 spiro atoms. The highest BCUT2D eigenvalue weighted by atomic mass is 32.1. The molecular formula is C21H20N2O5S. The van der Waals surface area contributed by atoms with Gasteiger partial charge in [0.25, 0.3) is 11.8 Å². The number of thiophene rings is 1. The maximum absolute atomic E-state index is 12.4. The van der Waals surface area contributed by atoms with Crippen LogP contribution in [0.1, 0.15) is 36.2 Å². The summed E-state index contributed by atoms with van der Waals surface area (Å²) in [6.45, 7) is 3.50. The molecule has 0 fully saturated rings. The lowest BCUT2D eigenvalue weighted by Crippen LogP contribution is -2.26. The number of ether oxygens (including phenoxy) is 1. The van der Waals surface area contributed by atoms with Crippen LogP contribution in [0.4, 0.5) is 5.69 Å². The van der Waals surface area contributed by atoms with Crippen molar-refractivity contribution in [1.29, 1.82) is 0 Å². The molecule has 0 atom stereocenters. The van der Waals surface area contributed by atoms with Crippen LogP contribution in [0.3, 0.4) is 0 Å². The molecule has 150 valence electrons. The van der Waals surface area contributed by atoms with Gasteiger partial charge in [0.05, 0.1) is 29.6 Å². The van der Waals surface area contributed by atoms with Gasteiger partial charge in [-0.2, -0.15) is 0 Å². The molecule has 0 bridgehead atoms. The summed E-state index contributed by atoms with van der Waals surface area (Å²) < 4.78 is 10.3. The van der Waals surface area contributed by atoms with Crippen molar-refractivity contribution in [1.82, 2.24) is 5.32 Å². The van der Waals surface area contributed by atoms with Gasteiger partial charge < -0.3 is 19.8 Å². The molecule has 29 heavy (non-hydrogen) atoms. The van der Waals surface area contributed by atoms with Gasteiger partial charge in [0.15, 0.2) is 6.61 Å². The van der Waals surface area contributed by atoms with E-state index in [2.05, 4.69) is 10.6 Å². The summed E-state index contributed by atoms with van der Waals surface area (Å²) in [5, 5.41) is 5.34. The first kappa shape index (κ1) is 20.3. The Morgan fingerprint density at radius 2 is 1.86 bits per heavy atom. The molecule has 0 saturated heterocycles. The zero-order chi connectivity index (χ0) is 20.8. The zero-order valence-electron chi connectivity index (χ0n) is 16.0. The van der Waals surface area contributed by atoms with E-state index in [-0.39, 0.29) is 12.5 Å². The number of para-hydroxylation sites is 1. The van der Waals surface area contributed by atoms with E-state index in [0.717, 1.165) is 9.75 Å². The van der Waals surface area contributed by atoms with Crippen molar-refractivity contribution >= 4 is 34.8 Å². The number of anilines is 1. The lowest BCUT2D eigenvalue weighted by molar-refractivity contribution is -0.119. The minimum absolute atomic E-state index is 0.227. The molecular weight excluding hydrogens is 392 g/mol. The molecule has 3 aromatic rings. The molecule has 2 heterocycles. The van der Waals surface area contributed by atoms with Crippen molar-refractivity contribution < 1.29 is 23.5 Å². The summed E-state index contributed by atoms with van der Waals surface area (Å²) >= 11 is 1.49. The number of furan rings is 1. The van der Waals surface area contributed by atoms with E-state index in [1.165, 1.54) is 17.6 Å². The number of aryl methyl sites for hydroxylation is 2. The van der Waals surface area contributed by atoms with Crippen LogP contribution < -0.4 is 10.6 Å². The molecule has 2 N–H and O–H groups in total. The van der Waals surface area contributed by atoms with Crippen LogP contribution in [-0.4, -0.2) is 24.4 Å². The Morgan fingerprint density at radius 1 is 1.07 bits per heavy atom. The van der Waals surface area contributed by atoms with Crippen molar-refractivity contribution in [2.45, 2.75) is 20.4 Å². The van der Waals surface area contributed by atoms with Crippen molar-refractivity contribution in [2.75, 3.05) is 11.9 Å². The molecule has 0 saturated carbocycles. The Balaban J connectivity index is 1.58. The number of nitrogens with one attached hydrogen (secondary N) is 2. The van der Waals surface area contributed by atoms with Gasteiger partial charge in [-0.1, -0.05) is 12.1 Å². The summed E-state index contributed by atoms with van der Waals surface area (Å²) in [7, 11) is 0. The quantitative estimate of drug-likeness (QED) is 0.577. The number of amides is 2. The maximum Gasteiger partial charge on any atom is 0.339 e. The fourth-order valence-corrected chi connectivity index (χ4v) is 3.61. The average molecular weight is 412 g/mol. The minimum Gasteiger partial charge on any atom is -0.467 e. The van der Waals surface area contributed by atoms with Crippen molar-refractivity contribution in [2.24, 2.45) is 0 Å². The van der Waals surface area contributed by atoms with Crippen molar-refractivity contribution in [3.05, 3.63) is 75.4 Å². The molecule has 0 radical (unpaired) electrons. The summed E-state index contributed by atoms with van der Waals surface area (Å²) in [4.78, 5) is 38.6. The first-order valence-corrected chi connectivity index (χ1v) is 9.69. The number of benzene rings is 1. The molecule has 7 nitrogen and oxygen atoms in total. The lowest BCUT2D eigenvalue weighted by atomic mass is 10.1. The van der Waals surface area contributed by atoms with Gasteiger partial charge in [0.2, 0.25) is 0 Å². The lowest BCUT2D eigenvalue weighted by Gasteiger charge is -2.11. The van der Waals surface area contributed by atoms with Gasteiger partial charge in [-0.15, -0.1) is 11.3 Å². The third-order valence-electron chi connectivity index (χ3n) is 4.04. The molecule has 3 rings (SSSR count). The van der Waals surface area contributed by atoms with Gasteiger partial charge in [-0.05, 0) is 44.2 Å². The molecule has 8 heteroatoms. The van der Waals surface area contributed by atoms with E-state index in [4.69, 9.17) is 9.15 Å². The van der Waals surface area contributed by atoms with Gasteiger partial charge in [-0.25, -0.2) is 4.79 Å². The molecule has 0 aliphatic heterocycles. The Morgan fingerprint density at radius 3 is 2.55 bits per heavy atom. The number of rotatable bonds is 7. The van der Waals surface area contributed by atoms with Crippen LogP contribution >= 0.6 is 11.3 Å². The highest BCUT2D eigenvalue weighted by Crippen LogP contribution is 2.21. The minimum atomic E-state index is -0.550. The van der Waals surface area contributed by atoms with Crippen molar-refractivity contribution in [3.63, 3.8) is 0 Å². The smallest absolute Gasteiger partial charge is 0.339 e. The van der Waals surface area contributed by atoms with Crippen LogP contribution in [0.2, 0.25) is 0 Å². The van der Waals surface area contributed by atoms with Gasteiger partial charge in [-0.3, -0.25) is 9.59 Å². The highest BCUT2D eigenvalue weighted by molar-refractivity contribution is 7.12. The number of hydrogen-bond acceptors (Lipinski definition) is 6. The summed E-state index contributed by atoms with van der Waals surface area (Å²) in [5.41, 5.74) is 1.08. The fraction of sp³-hybridized carbons (Fsp3) is 0.190. The third-order valence-corrected chi connectivity index (χ3v) is 5.01. The molecule has 0 aliphatic carbocycles. The predicted molar refractivity (Wildman–Crippen MR) is 109 cm³/mol. The third kappa shape index (κ3) is 5.32. The van der Waals surface area contributed by atoms with Crippen molar-refractivity contribution in [3.8, 4) is 0 Å². The first-order chi connectivity index (χ1) is 13.9. The predicted octanol–water partition coefficient (Wildman–Crippen LogP) is 3.68. The number of esters is 1. The van der Waals surface area contributed by atoms with Gasteiger partial charge in [0.1, 0.15) is 5.76 Å². The summed E-state index contributed by atoms with van der Waals surface area (Å²) in [6, 6.07) is 11.8. The largest absolute Gasteiger partial charge is 0.467 e. The monoisotopic (exact) mass is 412 g/mol. The van der Waals surface area contributed by atoms with E-state index in [0.29, 0.717) is 22.6 Å². The SMILES string of the molecule is Cc1cc(C(=O)OCC(=O)Nc2ccccc2C(=O)NCc2ccco2)c(C)s1. The van der Waals surface area contributed by atoms with E-state index < -0.39 is 18.5 Å². The average Bonchev–Trinajstić information content (AvgIpc) is 3.33. The van der Waals surface area contributed by atoms with Gasteiger partial charge in [0, 0.05) is 9.75 Å². The van der Waals surface area contributed by atoms with E-state index >= 15 is 0 Å². The standard InChI is InChI=1S/C21H20N2O5S/c1-13-10-17(14(2)29-13)21(26)28-12-19(24)23-18-8-4-3-7-16(18)20(25)22-11-15-6-5-9-27-15/h3-10H,11-12H2,1-2H3,(H,22,25)(H,23,24). The number of hydrogen-bond donors (Lipinski definition) is 2. The number of carbonyl (C=O) groups excluding carboxylic acids is 3. The summed E-state index contributed by atoms with van der Waals surface area (Å²) in [6.07, 6.45) is 1.52. The summed E-state index contributed by atoms with van der Waals surface area (Å²) in [5.74, 6) is -0.829. The Bertz CT molecular complexity index is 1020. The normalized spacial score (nSPS) is 10.4. The van der Waals surface area contributed by atoms with Crippen LogP contribution in [0.15, 0.2) is 53.1 Å². The second-order valence-electron chi connectivity index (χ2n) is 6.26. The molecule has 1 aromatic carbocycles. The van der Waals surface area contributed by atoms with Crippen LogP contribution in [0, 0.1) is 13.8 Å². The zero-order valence-corrected chi connectivity index (χ0v) is 16.8. The first-order valence-electron chi connectivity index (χ1n) is 8.87. The number of carbonyl (C=O) groups is 3. The molecule has 0 unspecified atom stereocenters. The Hall–Kier alpha value is -3.39. The second-order valence-corrected chi connectivity index (χ2v) is 7.72. The van der Waals surface area contributed by atoms with Gasteiger partial charge >= 0.3 is 5.97 Å². The molecule has 2 amide bonds. The molecule has 0 aliphatic rings. The molecule has 2 aromatic heterocycles. The fourth-order valence-electron chi connectivity index (χ4n) is 2.69. The van der Waals surface area contributed by atoms with E-state index in [1.54, 1.807) is 42.5 Å². The van der Waals surface area contributed by atoms with Crippen LogP contribution in [0.5, 0.6) is 0 Å².